The van der Waals surface area contributed by atoms with Gasteiger partial charge < -0.3 is 20.4 Å². The SMILES string of the molecule is CC[C@@H](NC(C)=O)C(=O)NCc1cccnc1N1CCN(C)CC1. The van der Waals surface area contributed by atoms with Gasteiger partial charge in [-0.15, -0.1) is 0 Å². The van der Waals surface area contributed by atoms with E-state index < -0.39 is 6.04 Å². The van der Waals surface area contributed by atoms with Gasteiger partial charge in [0.15, 0.2) is 0 Å². The van der Waals surface area contributed by atoms with Crippen molar-refractivity contribution in [2.24, 2.45) is 0 Å². The maximum absolute atomic E-state index is 12.2. The molecule has 0 aromatic carbocycles. The fourth-order valence-corrected chi connectivity index (χ4v) is 2.78. The highest BCUT2D eigenvalue weighted by Crippen LogP contribution is 2.18. The summed E-state index contributed by atoms with van der Waals surface area (Å²) in [5.74, 6) is 0.566. The second-order valence-corrected chi connectivity index (χ2v) is 6.16. The lowest BCUT2D eigenvalue weighted by atomic mass is 10.2. The van der Waals surface area contributed by atoms with Crippen LogP contribution in [0.4, 0.5) is 5.82 Å². The molecule has 7 heteroatoms. The summed E-state index contributed by atoms with van der Waals surface area (Å²) >= 11 is 0. The Labute approximate surface area is 143 Å². The van der Waals surface area contributed by atoms with Crippen molar-refractivity contribution in [1.82, 2.24) is 20.5 Å². The Morgan fingerprint density at radius 1 is 1.29 bits per heavy atom. The molecule has 1 aromatic rings. The first-order valence-corrected chi connectivity index (χ1v) is 8.43. The van der Waals surface area contributed by atoms with Gasteiger partial charge in [0.2, 0.25) is 11.8 Å². The Morgan fingerprint density at radius 3 is 2.62 bits per heavy atom. The smallest absolute Gasteiger partial charge is 0.242 e. The highest BCUT2D eigenvalue weighted by Gasteiger charge is 2.20. The number of aromatic nitrogens is 1. The summed E-state index contributed by atoms with van der Waals surface area (Å²) in [7, 11) is 2.11. The second-order valence-electron chi connectivity index (χ2n) is 6.16. The molecule has 1 saturated heterocycles. The molecular weight excluding hydrogens is 306 g/mol. The minimum Gasteiger partial charge on any atom is -0.354 e. The molecule has 0 saturated carbocycles. The number of carbonyl (C=O) groups is 2. The third-order valence-corrected chi connectivity index (χ3v) is 4.23. The predicted octanol–water partition coefficient (Wildman–Crippen LogP) is 0.364. The number of hydrogen-bond donors (Lipinski definition) is 2. The average molecular weight is 333 g/mol. The molecule has 2 amide bonds. The molecule has 1 aliphatic rings. The lowest BCUT2D eigenvalue weighted by molar-refractivity contribution is -0.128. The van der Waals surface area contributed by atoms with E-state index in [1.54, 1.807) is 6.20 Å². The zero-order valence-electron chi connectivity index (χ0n) is 14.7. The van der Waals surface area contributed by atoms with E-state index in [4.69, 9.17) is 0 Å². The summed E-state index contributed by atoms with van der Waals surface area (Å²) in [4.78, 5) is 32.5. The highest BCUT2D eigenvalue weighted by molar-refractivity contribution is 5.86. The van der Waals surface area contributed by atoms with Crippen molar-refractivity contribution in [2.75, 3.05) is 38.1 Å². The molecule has 2 rings (SSSR count). The Kier molecular flexibility index (Phi) is 6.54. The molecule has 1 atom stereocenters. The maximum Gasteiger partial charge on any atom is 0.242 e. The number of hydrogen-bond acceptors (Lipinski definition) is 5. The number of nitrogens with zero attached hydrogens (tertiary/aromatic N) is 3. The molecule has 0 spiro atoms. The zero-order valence-corrected chi connectivity index (χ0v) is 14.7. The summed E-state index contributed by atoms with van der Waals surface area (Å²) in [6.45, 7) is 7.56. The number of amides is 2. The lowest BCUT2D eigenvalue weighted by Gasteiger charge is -2.34. The molecular formula is C17H27N5O2. The molecule has 2 N–H and O–H groups in total. The van der Waals surface area contributed by atoms with Crippen molar-refractivity contribution >= 4 is 17.6 Å². The molecule has 2 heterocycles. The van der Waals surface area contributed by atoms with Crippen molar-refractivity contribution in [3.05, 3.63) is 23.9 Å². The van der Waals surface area contributed by atoms with E-state index in [0.29, 0.717) is 13.0 Å². The maximum atomic E-state index is 12.2. The van der Waals surface area contributed by atoms with E-state index in [-0.39, 0.29) is 11.8 Å². The molecule has 0 unspecified atom stereocenters. The first-order chi connectivity index (χ1) is 11.5. The Hall–Kier alpha value is -2.15. The van der Waals surface area contributed by atoms with Gasteiger partial charge in [-0.3, -0.25) is 9.59 Å². The van der Waals surface area contributed by atoms with E-state index in [1.807, 2.05) is 19.1 Å². The first kappa shape index (κ1) is 18.2. The summed E-state index contributed by atoms with van der Waals surface area (Å²) in [5.41, 5.74) is 0.994. The second kappa shape index (κ2) is 8.63. The van der Waals surface area contributed by atoms with Crippen LogP contribution in [0.2, 0.25) is 0 Å². The number of anilines is 1. The van der Waals surface area contributed by atoms with Crippen molar-refractivity contribution in [2.45, 2.75) is 32.9 Å². The molecule has 1 aromatic heterocycles. The van der Waals surface area contributed by atoms with Gasteiger partial charge in [0.25, 0.3) is 0 Å². The Morgan fingerprint density at radius 2 is 2.00 bits per heavy atom. The van der Waals surface area contributed by atoms with Crippen LogP contribution in [0.25, 0.3) is 0 Å². The van der Waals surface area contributed by atoms with Crippen LogP contribution < -0.4 is 15.5 Å². The van der Waals surface area contributed by atoms with Gasteiger partial charge in [0, 0.05) is 51.4 Å². The van der Waals surface area contributed by atoms with Crippen LogP contribution >= 0.6 is 0 Å². The van der Waals surface area contributed by atoms with Gasteiger partial charge >= 0.3 is 0 Å². The predicted molar refractivity (Wildman–Crippen MR) is 93.7 cm³/mol. The van der Waals surface area contributed by atoms with Crippen LogP contribution in [-0.4, -0.2) is 61.0 Å². The molecule has 0 bridgehead atoms. The van der Waals surface area contributed by atoms with Gasteiger partial charge in [-0.25, -0.2) is 4.98 Å². The molecule has 24 heavy (non-hydrogen) atoms. The average Bonchev–Trinajstić information content (AvgIpc) is 2.58. The van der Waals surface area contributed by atoms with Gasteiger partial charge in [0.1, 0.15) is 11.9 Å². The zero-order chi connectivity index (χ0) is 17.5. The molecule has 1 aliphatic heterocycles. The summed E-state index contributed by atoms with van der Waals surface area (Å²) in [5, 5.41) is 5.58. The van der Waals surface area contributed by atoms with Crippen molar-refractivity contribution in [3.8, 4) is 0 Å². The number of likely N-dealkylation sites (N-methyl/N-ethyl adjacent to an activating group) is 1. The van der Waals surface area contributed by atoms with E-state index in [1.165, 1.54) is 6.92 Å². The van der Waals surface area contributed by atoms with Gasteiger partial charge in [-0.2, -0.15) is 0 Å². The summed E-state index contributed by atoms with van der Waals surface area (Å²) in [6, 6.07) is 3.37. The third kappa shape index (κ3) is 4.92. The summed E-state index contributed by atoms with van der Waals surface area (Å²) < 4.78 is 0. The van der Waals surface area contributed by atoms with Crippen LogP contribution in [0, 0.1) is 0 Å². The minimum absolute atomic E-state index is 0.166. The van der Waals surface area contributed by atoms with Crippen molar-refractivity contribution < 1.29 is 9.59 Å². The van der Waals surface area contributed by atoms with E-state index in [9.17, 15) is 9.59 Å². The molecule has 0 aliphatic carbocycles. The van der Waals surface area contributed by atoms with E-state index in [2.05, 4.69) is 32.5 Å². The molecule has 7 nitrogen and oxygen atoms in total. The van der Waals surface area contributed by atoms with Crippen LogP contribution in [0.3, 0.4) is 0 Å². The lowest BCUT2D eigenvalue weighted by Crippen LogP contribution is -2.46. The fourth-order valence-electron chi connectivity index (χ4n) is 2.78. The van der Waals surface area contributed by atoms with E-state index in [0.717, 1.165) is 37.6 Å². The Balaban J connectivity index is 2.00. The van der Waals surface area contributed by atoms with Gasteiger partial charge in [0.05, 0.1) is 0 Å². The van der Waals surface area contributed by atoms with Crippen LogP contribution in [0.5, 0.6) is 0 Å². The standard InChI is InChI=1S/C17H27N5O2/c1-4-15(20-13(2)23)17(24)19-12-14-6-5-7-18-16(14)22-10-8-21(3)9-11-22/h5-7,15H,4,8-12H2,1-3H3,(H,19,24)(H,20,23)/t15-/m1/s1. The quantitative estimate of drug-likeness (QED) is 0.786. The number of carbonyl (C=O) groups excluding carboxylic acids is 2. The molecule has 132 valence electrons. The molecule has 1 fully saturated rings. The Bertz CT molecular complexity index is 570. The number of piperazine rings is 1. The first-order valence-electron chi connectivity index (χ1n) is 8.43. The van der Waals surface area contributed by atoms with Gasteiger partial charge in [-0.1, -0.05) is 13.0 Å². The largest absolute Gasteiger partial charge is 0.354 e. The highest BCUT2D eigenvalue weighted by atomic mass is 16.2. The number of rotatable bonds is 6. The third-order valence-electron chi connectivity index (χ3n) is 4.23. The van der Waals surface area contributed by atoms with Crippen LogP contribution in [-0.2, 0) is 16.1 Å². The minimum atomic E-state index is -0.494. The van der Waals surface area contributed by atoms with Crippen molar-refractivity contribution in [1.29, 1.82) is 0 Å². The molecule has 0 radical (unpaired) electrons. The summed E-state index contributed by atoms with van der Waals surface area (Å²) in [6.07, 6.45) is 2.34. The number of nitrogens with one attached hydrogen (secondary N) is 2. The fraction of sp³-hybridized carbons (Fsp3) is 0.588. The number of pyridine rings is 1. The van der Waals surface area contributed by atoms with Crippen molar-refractivity contribution in [3.63, 3.8) is 0 Å². The van der Waals surface area contributed by atoms with Crippen LogP contribution in [0.1, 0.15) is 25.8 Å². The van der Waals surface area contributed by atoms with Gasteiger partial charge in [-0.05, 0) is 19.5 Å². The topological polar surface area (TPSA) is 77.6 Å². The normalized spacial score (nSPS) is 16.5. The van der Waals surface area contributed by atoms with Crippen LogP contribution in [0.15, 0.2) is 18.3 Å². The monoisotopic (exact) mass is 333 g/mol. The van der Waals surface area contributed by atoms with E-state index >= 15 is 0 Å².